The third kappa shape index (κ3) is 10.4. The summed E-state index contributed by atoms with van der Waals surface area (Å²) in [6.07, 6.45) is 1.10. The molecule has 1 amide bonds. The van der Waals surface area contributed by atoms with Crippen molar-refractivity contribution in [3.8, 4) is 0 Å². The molecule has 0 aliphatic rings. The Kier molecular flexibility index (Phi) is 7.76. The molecule has 0 radical (unpaired) electrons. The van der Waals surface area contributed by atoms with E-state index in [-0.39, 0.29) is 43.4 Å². The zero-order chi connectivity index (χ0) is 11.4. The van der Waals surface area contributed by atoms with Gasteiger partial charge in [0.15, 0.2) is 0 Å². The zero-order valence-corrected chi connectivity index (χ0v) is 12.1. The number of carbonyl (C=O) groups is 1. The fraction of sp³-hybridized carbons (Fsp3) is 0.625. The first-order chi connectivity index (χ1) is 6.16. The van der Waals surface area contributed by atoms with E-state index < -0.39 is 21.3 Å². The van der Waals surface area contributed by atoms with Crippen LogP contribution >= 0.6 is 0 Å². The summed E-state index contributed by atoms with van der Waals surface area (Å²) in [6, 6.07) is 0. The summed E-state index contributed by atoms with van der Waals surface area (Å²) in [6.45, 7) is 6.68. The van der Waals surface area contributed by atoms with Gasteiger partial charge in [-0.3, -0.25) is 9.35 Å². The smallest absolute Gasteiger partial charge is 1.00 e. The number of hydrogen-bond donors (Lipinski definition) is 2. The van der Waals surface area contributed by atoms with E-state index >= 15 is 0 Å². The fourth-order valence-electron chi connectivity index (χ4n) is 0.943. The Balaban J connectivity index is -0.000000845. The van der Waals surface area contributed by atoms with Crippen molar-refractivity contribution in [3.05, 3.63) is 12.7 Å². The van der Waals surface area contributed by atoms with E-state index in [1.165, 1.54) is 0 Å². The van der Waals surface area contributed by atoms with Gasteiger partial charge in [0.1, 0.15) is 0 Å². The number of hydrogen-bond acceptors (Lipinski definition) is 3. The molecule has 84 valence electrons. The summed E-state index contributed by atoms with van der Waals surface area (Å²) in [4.78, 5) is 10.8. The predicted octanol–water partition coefficient (Wildman–Crippen LogP) is -2.68. The average molecular weight is 245 g/mol. The van der Waals surface area contributed by atoms with Crippen LogP contribution in [0.5, 0.6) is 0 Å². The second kappa shape index (κ2) is 6.65. The van der Waals surface area contributed by atoms with Gasteiger partial charge in [-0.1, -0.05) is 20.4 Å². The molecule has 0 aromatic heterocycles. The van der Waals surface area contributed by atoms with Crippen molar-refractivity contribution in [1.82, 2.24) is 5.32 Å². The van der Waals surface area contributed by atoms with Crippen LogP contribution in [-0.4, -0.2) is 31.2 Å². The van der Waals surface area contributed by atoms with E-state index in [4.69, 9.17) is 4.55 Å². The van der Waals surface area contributed by atoms with Crippen LogP contribution in [0.4, 0.5) is 0 Å². The van der Waals surface area contributed by atoms with Crippen LogP contribution in [0.2, 0.25) is 0 Å². The second-order valence-corrected chi connectivity index (χ2v) is 5.26. The molecule has 15 heavy (non-hydrogen) atoms. The molecule has 0 saturated heterocycles. The molecule has 7 heteroatoms. The Morgan fingerprint density at radius 3 is 2.40 bits per heavy atom. The Labute approximate surface area is 114 Å². The van der Waals surface area contributed by atoms with Crippen LogP contribution in [0.15, 0.2) is 12.7 Å². The van der Waals surface area contributed by atoms with E-state index in [0.717, 1.165) is 6.08 Å². The molecule has 0 aromatic rings. The quantitative estimate of drug-likeness (QED) is 0.314. The molecule has 0 aliphatic carbocycles. The van der Waals surface area contributed by atoms with Gasteiger partial charge < -0.3 is 6.74 Å². The molecule has 0 fully saturated rings. The molecule has 0 rings (SSSR count). The standard InChI is InChI=1S/C8H15NO4S.Na.H/c1-4-7(10)9-5-8(2,3)6-14(11,12)13;;/h4H,1,5-6H2,2-3H3,(H,9,10)(H,11,12,13);;/q;+1;-1. The van der Waals surface area contributed by atoms with Gasteiger partial charge in [0.25, 0.3) is 10.1 Å². The fourth-order valence-corrected chi connectivity index (χ4v) is 2.03. The monoisotopic (exact) mass is 245 g/mol. The molecule has 0 aromatic carbocycles. The summed E-state index contributed by atoms with van der Waals surface area (Å²) in [5.41, 5.74) is -0.702. The van der Waals surface area contributed by atoms with Crippen molar-refractivity contribution < 1.29 is 48.7 Å². The topological polar surface area (TPSA) is 83.5 Å². The number of amides is 1. The molecular weight excluding hydrogens is 229 g/mol. The SMILES string of the molecule is C=CC(=O)NCC(C)(C)CS(=O)(=O)O.[H-].[Na+]. The maximum absolute atomic E-state index is 10.8. The van der Waals surface area contributed by atoms with Crippen molar-refractivity contribution in [2.75, 3.05) is 12.3 Å². The summed E-state index contributed by atoms with van der Waals surface area (Å²) >= 11 is 0. The number of rotatable bonds is 5. The predicted molar refractivity (Wildman–Crippen MR) is 54.5 cm³/mol. The summed E-state index contributed by atoms with van der Waals surface area (Å²) in [5.74, 6) is -0.759. The summed E-state index contributed by atoms with van der Waals surface area (Å²) < 4.78 is 29.8. The van der Waals surface area contributed by atoms with Crippen molar-refractivity contribution in [2.45, 2.75) is 13.8 Å². The van der Waals surface area contributed by atoms with Gasteiger partial charge in [-0.2, -0.15) is 8.42 Å². The minimum atomic E-state index is -4.01. The molecule has 0 saturated carbocycles. The summed E-state index contributed by atoms with van der Waals surface area (Å²) in [5, 5.41) is 2.46. The Bertz CT molecular complexity index is 329. The second-order valence-electron chi connectivity index (χ2n) is 3.81. The molecule has 0 aliphatic heterocycles. The van der Waals surface area contributed by atoms with Gasteiger partial charge in [-0.25, -0.2) is 0 Å². The van der Waals surface area contributed by atoms with Gasteiger partial charge >= 0.3 is 29.6 Å². The van der Waals surface area contributed by atoms with E-state index in [0.29, 0.717) is 0 Å². The van der Waals surface area contributed by atoms with E-state index in [9.17, 15) is 13.2 Å². The van der Waals surface area contributed by atoms with E-state index in [1.54, 1.807) is 13.8 Å². The van der Waals surface area contributed by atoms with Crippen molar-refractivity contribution in [2.24, 2.45) is 5.41 Å². The average Bonchev–Trinajstić information content (AvgIpc) is 1.96. The molecule has 5 nitrogen and oxygen atoms in total. The van der Waals surface area contributed by atoms with Crippen molar-refractivity contribution in [1.29, 1.82) is 0 Å². The largest absolute Gasteiger partial charge is 1.00 e. The Morgan fingerprint density at radius 1 is 1.60 bits per heavy atom. The first kappa shape index (κ1) is 17.5. The number of nitrogens with one attached hydrogen (secondary N) is 1. The first-order valence-electron chi connectivity index (χ1n) is 4.02. The zero-order valence-electron chi connectivity index (χ0n) is 10.3. The number of carbonyl (C=O) groups excluding carboxylic acids is 1. The third-order valence-corrected chi connectivity index (χ3v) is 2.65. The van der Waals surface area contributed by atoms with Crippen LogP contribution in [-0.2, 0) is 14.9 Å². The minimum Gasteiger partial charge on any atom is -1.00 e. The third-order valence-electron chi connectivity index (χ3n) is 1.50. The molecule has 2 N–H and O–H groups in total. The maximum Gasteiger partial charge on any atom is 1.00 e. The first-order valence-corrected chi connectivity index (χ1v) is 5.63. The van der Waals surface area contributed by atoms with Gasteiger partial charge in [0.2, 0.25) is 5.91 Å². The van der Waals surface area contributed by atoms with E-state index in [1.807, 2.05) is 0 Å². The van der Waals surface area contributed by atoms with Crippen LogP contribution in [0.3, 0.4) is 0 Å². The summed E-state index contributed by atoms with van der Waals surface area (Å²) in [7, 11) is -4.01. The van der Waals surface area contributed by atoms with Crippen LogP contribution in [0.1, 0.15) is 15.3 Å². The van der Waals surface area contributed by atoms with Gasteiger partial charge in [-0.05, 0) is 11.5 Å². The van der Waals surface area contributed by atoms with Crippen molar-refractivity contribution in [3.63, 3.8) is 0 Å². The molecule has 0 spiro atoms. The minimum absolute atomic E-state index is 0. The Hall–Kier alpha value is 0.120. The molecule has 0 unspecified atom stereocenters. The normalized spacial score (nSPS) is 11.4. The van der Waals surface area contributed by atoms with E-state index in [2.05, 4.69) is 11.9 Å². The molecule has 0 bridgehead atoms. The van der Waals surface area contributed by atoms with Gasteiger partial charge in [-0.15, -0.1) is 0 Å². The van der Waals surface area contributed by atoms with Gasteiger partial charge in [0, 0.05) is 6.54 Å². The molecule has 0 heterocycles. The van der Waals surface area contributed by atoms with Crippen molar-refractivity contribution >= 4 is 16.0 Å². The maximum atomic E-state index is 10.8. The van der Waals surface area contributed by atoms with Gasteiger partial charge in [0.05, 0.1) is 5.75 Å². The van der Waals surface area contributed by atoms with Crippen LogP contribution in [0.25, 0.3) is 0 Å². The Morgan fingerprint density at radius 2 is 2.07 bits per heavy atom. The molecule has 0 atom stereocenters. The molecular formula is C8H16NNaO4S. The van der Waals surface area contributed by atoms with Crippen LogP contribution < -0.4 is 34.9 Å². The van der Waals surface area contributed by atoms with Crippen LogP contribution in [0, 0.1) is 5.41 Å².